The highest BCUT2D eigenvalue weighted by atomic mass is 19.2. The predicted octanol–water partition coefficient (Wildman–Crippen LogP) is 4.91. The molecule has 1 saturated heterocycles. The van der Waals surface area contributed by atoms with Crippen molar-refractivity contribution in [1.29, 1.82) is 0 Å². The Morgan fingerprint density at radius 3 is 2.25 bits per heavy atom. The van der Waals surface area contributed by atoms with Gasteiger partial charge in [-0.2, -0.15) is 0 Å². The molecule has 1 aliphatic heterocycles. The summed E-state index contributed by atoms with van der Waals surface area (Å²) < 4.78 is 37.9. The van der Waals surface area contributed by atoms with E-state index >= 15 is 0 Å². The first-order chi connectivity index (χ1) is 11.7. The lowest BCUT2D eigenvalue weighted by molar-refractivity contribution is -0.191. The first kappa shape index (κ1) is 16.8. The van der Waals surface area contributed by atoms with Gasteiger partial charge in [0, 0.05) is 11.5 Å². The van der Waals surface area contributed by atoms with E-state index in [1.165, 1.54) is 11.6 Å². The van der Waals surface area contributed by atoms with Crippen LogP contribution in [-0.4, -0.2) is 13.2 Å². The summed E-state index contributed by atoms with van der Waals surface area (Å²) in [5.74, 6) is -1.78. The second-order valence-corrected chi connectivity index (χ2v) is 5.94. The van der Waals surface area contributed by atoms with Gasteiger partial charge in [0.05, 0.1) is 13.2 Å². The van der Waals surface area contributed by atoms with Gasteiger partial charge < -0.3 is 9.47 Å². The molecule has 1 heterocycles. The largest absolute Gasteiger partial charge is 0.348 e. The van der Waals surface area contributed by atoms with Crippen molar-refractivity contribution in [2.75, 3.05) is 13.2 Å². The lowest BCUT2D eigenvalue weighted by Crippen LogP contribution is -2.25. The molecule has 0 atom stereocenters. The van der Waals surface area contributed by atoms with E-state index in [1.54, 1.807) is 6.07 Å². The number of hydrogen-bond acceptors (Lipinski definition) is 2. The average molecular weight is 330 g/mol. The second-order valence-electron chi connectivity index (χ2n) is 5.94. The molecule has 4 heteroatoms. The van der Waals surface area contributed by atoms with E-state index in [-0.39, 0.29) is 5.92 Å². The van der Waals surface area contributed by atoms with Crippen LogP contribution in [0, 0.1) is 11.6 Å². The van der Waals surface area contributed by atoms with Crippen LogP contribution in [0.25, 0.3) is 0 Å². The molecule has 0 N–H and O–H groups in total. The van der Waals surface area contributed by atoms with E-state index in [0.29, 0.717) is 18.8 Å². The Kier molecular flexibility index (Phi) is 5.38. The van der Waals surface area contributed by atoms with Crippen LogP contribution in [0.4, 0.5) is 8.78 Å². The molecule has 2 aromatic carbocycles. The fraction of sp³-hybridized carbons (Fsp3) is 0.300. The molecule has 3 rings (SSSR count). The number of hydrogen-bond donors (Lipinski definition) is 0. The van der Waals surface area contributed by atoms with Gasteiger partial charge in [-0.25, -0.2) is 8.78 Å². The summed E-state index contributed by atoms with van der Waals surface area (Å²) in [6, 6.07) is 12.0. The number of halogens is 2. The molecule has 0 unspecified atom stereocenters. The van der Waals surface area contributed by atoms with Gasteiger partial charge in [0.1, 0.15) is 0 Å². The van der Waals surface area contributed by atoms with Crippen molar-refractivity contribution in [3.63, 3.8) is 0 Å². The maximum Gasteiger partial charge on any atom is 0.183 e. The second kappa shape index (κ2) is 7.69. The lowest BCUT2D eigenvalue weighted by atomic mass is 9.99. The molecule has 2 nitrogen and oxygen atoms in total. The van der Waals surface area contributed by atoms with E-state index in [4.69, 9.17) is 9.47 Å². The normalized spacial score (nSPS) is 20.8. The topological polar surface area (TPSA) is 18.5 Å². The predicted molar refractivity (Wildman–Crippen MR) is 88.7 cm³/mol. The van der Waals surface area contributed by atoms with Crippen molar-refractivity contribution in [3.8, 4) is 0 Å². The quantitative estimate of drug-likeness (QED) is 0.725. The van der Waals surface area contributed by atoms with Crippen molar-refractivity contribution in [2.24, 2.45) is 0 Å². The Morgan fingerprint density at radius 1 is 0.958 bits per heavy atom. The molecule has 0 amide bonds. The Hall–Kier alpha value is -2.04. The highest BCUT2D eigenvalue weighted by molar-refractivity contribution is 5.25. The molecule has 0 bridgehead atoms. The number of ether oxygens (including phenoxy) is 2. The molecule has 0 aliphatic carbocycles. The van der Waals surface area contributed by atoms with E-state index in [2.05, 4.69) is 18.7 Å². The summed E-state index contributed by atoms with van der Waals surface area (Å²) in [5.41, 5.74) is 2.89. The van der Waals surface area contributed by atoms with Gasteiger partial charge in [-0.05, 0) is 36.1 Å². The lowest BCUT2D eigenvalue weighted by Gasteiger charge is -2.30. The number of allylic oxidation sites excluding steroid dienone is 1. The molecule has 0 aromatic heterocycles. The van der Waals surface area contributed by atoms with Crippen LogP contribution in [-0.2, 0) is 15.9 Å². The van der Waals surface area contributed by atoms with Crippen LogP contribution in [0.5, 0.6) is 0 Å². The molecule has 1 aliphatic rings. The summed E-state index contributed by atoms with van der Waals surface area (Å²) >= 11 is 0. The third kappa shape index (κ3) is 3.89. The standard InChI is InChI=1S/C20H20F2O2/c1-2-3-4-14-5-7-15(8-6-14)20-23-12-17(13-24-20)16-9-10-18(21)19(22)11-16/h2,5-11,17,20H,1,3-4,12-13H2. The van der Waals surface area contributed by atoms with E-state index in [1.807, 2.05) is 18.2 Å². The fourth-order valence-corrected chi connectivity index (χ4v) is 2.76. The Bertz CT molecular complexity index is 689. The molecule has 1 fully saturated rings. The van der Waals surface area contributed by atoms with Crippen LogP contribution in [0.2, 0.25) is 0 Å². The highest BCUT2D eigenvalue weighted by Crippen LogP contribution is 2.30. The Balaban J connectivity index is 1.60. The zero-order valence-electron chi connectivity index (χ0n) is 13.4. The summed E-state index contributed by atoms with van der Waals surface area (Å²) in [6.07, 6.45) is 3.40. The monoisotopic (exact) mass is 330 g/mol. The minimum atomic E-state index is -0.843. The van der Waals surface area contributed by atoms with Crippen molar-refractivity contribution < 1.29 is 18.3 Å². The fourth-order valence-electron chi connectivity index (χ4n) is 2.76. The van der Waals surface area contributed by atoms with Crippen LogP contribution in [0.15, 0.2) is 55.1 Å². The summed E-state index contributed by atoms with van der Waals surface area (Å²) in [5, 5.41) is 0. The average Bonchev–Trinajstić information content (AvgIpc) is 2.63. The molecular formula is C20H20F2O2. The molecule has 24 heavy (non-hydrogen) atoms. The van der Waals surface area contributed by atoms with Gasteiger partial charge in [0.15, 0.2) is 17.9 Å². The van der Waals surface area contributed by atoms with Crippen LogP contribution in [0.3, 0.4) is 0 Å². The third-order valence-corrected chi connectivity index (χ3v) is 4.20. The van der Waals surface area contributed by atoms with E-state index < -0.39 is 17.9 Å². The maximum absolute atomic E-state index is 13.3. The summed E-state index contributed by atoms with van der Waals surface area (Å²) in [4.78, 5) is 0. The van der Waals surface area contributed by atoms with E-state index in [9.17, 15) is 8.78 Å². The van der Waals surface area contributed by atoms with Gasteiger partial charge in [-0.3, -0.25) is 0 Å². The van der Waals surface area contributed by atoms with E-state index in [0.717, 1.165) is 24.5 Å². The minimum absolute atomic E-state index is 0.0942. The summed E-state index contributed by atoms with van der Waals surface area (Å²) in [7, 11) is 0. The van der Waals surface area contributed by atoms with Gasteiger partial charge >= 0.3 is 0 Å². The maximum atomic E-state index is 13.3. The zero-order chi connectivity index (χ0) is 16.9. The molecule has 2 aromatic rings. The van der Waals surface area contributed by atoms with Crippen LogP contribution in [0.1, 0.15) is 35.3 Å². The van der Waals surface area contributed by atoms with Crippen molar-refractivity contribution in [2.45, 2.75) is 25.0 Å². The van der Waals surface area contributed by atoms with Crippen molar-refractivity contribution in [1.82, 2.24) is 0 Å². The third-order valence-electron chi connectivity index (χ3n) is 4.20. The van der Waals surface area contributed by atoms with Crippen molar-refractivity contribution in [3.05, 3.63) is 83.4 Å². The number of aryl methyl sites for hydroxylation is 1. The van der Waals surface area contributed by atoms with Gasteiger partial charge in [-0.15, -0.1) is 6.58 Å². The summed E-state index contributed by atoms with van der Waals surface area (Å²) in [6.45, 7) is 4.55. The van der Waals surface area contributed by atoms with Crippen molar-refractivity contribution >= 4 is 0 Å². The first-order valence-corrected chi connectivity index (χ1v) is 8.05. The van der Waals surface area contributed by atoms with Gasteiger partial charge in [0.2, 0.25) is 0 Å². The van der Waals surface area contributed by atoms with Gasteiger partial charge in [0.25, 0.3) is 0 Å². The number of rotatable bonds is 5. The smallest absolute Gasteiger partial charge is 0.183 e. The molecule has 126 valence electrons. The first-order valence-electron chi connectivity index (χ1n) is 8.05. The molecule has 0 radical (unpaired) electrons. The molecule has 0 spiro atoms. The van der Waals surface area contributed by atoms with Crippen LogP contribution >= 0.6 is 0 Å². The molecule has 0 saturated carbocycles. The minimum Gasteiger partial charge on any atom is -0.348 e. The molecular weight excluding hydrogens is 310 g/mol. The highest BCUT2D eigenvalue weighted by Gasteiger charge is 2.25. The van der Waals surface area contributed by atoms with Gasteiger partial charge in [-0.1, -0.05) is 36.4 Å². The Morgan fingerprint density at radius 2 is 1.62 bits per heavy atom. The van der Waals surface area contributed by atoms with Crippen LogP contribution < -0.4 is 0 Å². The number of benzene rings is 2. The zero-order valence-corrected chi connectivity index (χ0v) is 13.4. The SMILES string of the molecule is C=CCCc1ccc(C2OCC(c3ccc(F)c(F)c3)CO2)cc1. The Labute approximate surface area is 140 Å².